The molecular weight excluding hydrogens is 356 g/mol. The van der Waals surface area contributed by atoms with E-state index in [2.05, 4.69) is 10.2 Å². The maximum Gasteiger partial charge on any atom is 0.338 e. The second-order valence-electron chi connectivity index (χ2n) is 7.06. The summed E-state index contributed by atoms with van der Waals surface area (Å²) >= 11 is 0. The molecular formula is C22H26N2O4. The summed E-state index contributed by atoms with van der Waals surface area (Å²) in [4.78, 5) is 26.4. The fraction of sp³-hybridized carbons (Fsp3) is 0.364. The number of anilines is 2. The third kappa shape index (κ3) is 5.49. The molecule has 0 aliphatic carbocycles. The molecule has 1 saturated heterocycles. The lowest BCUT2D eigenvalue weighted by Gasteiger charge is -2.17. The molecule has 2 aromatic carbocycles. The summed E-state index contributed by atoms with van der Waals surface area (Å²) in [5.41, 5.74) is 2.21. The van der Waals surface area contributed by atoms with E-state index in [-0.39, 0.29) is 18.6 Å². The molecule has 1 fully saturated rings. The summed E-state index contributed by atoms with van der Waals surface area (Å²) in [6, 6.07) is 14.4. The zero-order valence-corrected chi connectivity index (χ0v) is 16.3. The molecule has 3 rings (SSSR count). The fourth-order valence-corrected chi connectivity index (χ4v) is 3.08. The Kier molecular flexibility index (Phi) is 6.53. The molecule has 0 spiro atoms. The lowest BCUT2D eigenvalue weighted by molar-refractivity contribution is -0.119. The van der Waals surface area contributed by atoms with E-state index >= 15 is 0 Å². The first-order valence-electron chi connectivity index (χ1n) is 9.60. The minimum Gasteiger partial charge on any atom is -0.491 e. The third-order valence-electron chi connectivity index (χ3n) is 4.42. The summed E-state index contributed by atoms with van der Waals surface area (Å²) in [5.74, 6) is -0.237. The fourth-order valence-electron chi connectivity index (χ4n) is 3.08. The summed E-state index contributed by atoms with van der Waals surface area (Å²) in [7, 11) is 0. The number of carbonyl (C=O) groups excluding carboxylic acids is 2. The average molecular weight is 382 g/mol. The minimum atomic E-state index is -0.546. The van der Waals surface area contributed by atoms with Gasteiger partial charge in [0.2, 0.25) is 0 Å². The van der Waals surface area contributed by atoms with Gasteiger partial charge >= 0.3 is 5.97 Å². The van der Waals surface area contributed by atoms with Gasteiger partial charge in [0, 0.05) is 24.5 Å². The molecule has 28 heavy (non-hydrogen) atoms. The minimum absolute atomic E-state index is 0.0610. The zero-order valence-electron chi connectivity index (χ0n) is 16.3. The molecule has 2 aromatic rings. The Balaban J connectivity index is 1.46. The molecule has 148 valence electrons. The lowest BCUT2D eigenvalue weighted by Crippen LogP contribution is -2.21. The summed E-state index contributed by atoms with van der Waals surface area (Å²) in [6.45, 7) is 5.68. The van der Waals surface area contributed by atoms with Crippen LogP contribution in [0, 0.1) is 0 Å². The molecule has 1 amide bonds. The standard InChI is InChI=1S/C22H26N2O4/c1-16(2)28-20-11-5-17(6-12-20)22(26)27-15-21(25)23-18-7-9-19(10-8-18)24-13-3-4-14-24/h5-12,16H,3-4,13-15H2,1-2H3,(H,23,25). The molecule has 0 unspecified atom stereocenters. The van der Waals surface area contributed by atoms with Crippen LogP contribution in [0.4, 0.5) is 11.4 Å². The number of nitrogens with one attached hydrogen (secondary N) is 1. The highest BCUT2D eigenvalue weighted by Gasteiger charge is 2.13. The highest BCUT2D eigenvalue weighted by Crippen LogP contribution is 2.22. The zero-order chi connectivity index (χ0) is 19.9. The van der Waals surface area contributed by atoms with Crippen LogP contribution in [0.1, 0.15) is 37.0 Å². The second kappa shape index (κ2) is 9.26. The second-order valence-corrected chi connectivity index (χ2v) is 7.06. The van der Waals surface area contributed by atoms with Crippen LogP contribution in [-0.4, -0.2) is 37.7 Å². The van der Waals surface area contributed by atoms with Crippen molar-refractivity contribution in [1.82, 2.24) is 0 Å². The number of carbonyl (C=O) groups is 2. The van der Waals surface area contributed by atoms with Gasteiger partial charge in [0.25, 0.3) is 5.91 Å². The number of benzene rings is 2. The van der Waals surface area contributed by atoms with Crippen LogP contribution >= 0.6 is 0 Å². The summed E-state index contributed by atoms with van der Waals surface area (Å²) in [6.07, 6.45) is 2.50. The van der Waals surface area contributed by atoms with Gasteiger partial charge in [-0.15, -0.1) is 0 Å². The van der Waals surface area contributed by atoms with E-state index in [1.165, 1.54) is 12.8 Å². The maximum atomic E-state index is 12.1. The molecule has 0 bridgehead atoms. The van der Waals surface area contributed by atoms with E-state index < -0.39 is 5.97 Å². The Morgan fingerprint density at radius 1 is 1.00 bits per heavy atom. The topological polar surface area (TPSA) is 67.9 Å². The summed E-state index contributed by atoms with van der Waals surface area (Å²) < 4.78 is 10.6. The predicted octanol–water partition coefficient (Wildman–Crippen LogP) is 3.87. The van der Waals surface area contributed by atoms with Gasteiger partial charge in [-0.2, -0.15) is 0 Å². The van der Waals surface area contributed by atoms with E-state index in [9.17, 15) is 9.59 Å². The smallest absolute Gasteiger partial charge is 0.338 e. The van der Waals surface area contributed by atoms with Crippen molar-refractivity contribution in [2.75, 3.05) is 29.9 Å². The van der Waals surface area contributed by atoms with Crippen molar-refractivity contribution >= 4 is 23.3 Å². The van der Waals surface area contributed by atoms with Crippen LogP contribution in [0.25, 0.3) is 0 Å². The predicted molar refractivity (Wildman–Crippen MR) is 109 cm³/mol. The van der Waals surface area contributed by atoms with Crippen molar-refractivity contribution in [2.24, 2.45) is 0 Å². The molecule has 1 aliphatic rings. The highest BCUT2D eigenvalue weighted by molar-refractivity contribution is 5.95. The Labute approximate surface area is 165 Å². The summed E-state index contributed by atoms with van der Waals surface area (Å²) in [5, 5.41) is 2.74. The van der Waals surface area contributed by atoms with Gasteiger partial charge in [0.15, 0.2) is 6.61 Å². The van der Waals surface area contributed by atoms with Gasteiger partial charge in [-0.3, -0.25) is 4.79 Å². The first kappa shape index (κ1) is 19.7. The van der Waals surface area contributed by atoms with Gasteiger partial charge < -0.3 is 19.7 Å². The van der Waals surface area contributed by atoms with Crippen molar-refractivity contribution in [2.45, 2.75) is 32.8 Å². The monoisotopic (exact) mass is 382 g/mol. The van der Waals surface area contributed by atoms with Crippen LogP contribution < -0.4 is 15.0 Å². The van der Waals surface area contributed by atoms with Crippen LogP contribution in [0.5, 0.6) is 5.75 Å². The molecule has 6 heteroatoms. The molecule has 0 aromatic heterocycles. The van der Waals surface area contributed by atoms with Gasteiger partial charge in [-0.1, -0.05) is 0 Å². The molecule has 6 nitrogen and oxygen atoms in total. The van der Waals surface area contributed by atoms with Crippen molar-refractivity contribution in [3.05, 3.63) is 54.1 Å². The Morgan fingerprint density at radius 2 is 1.64 bits per heavy atom. The first-order chi connectivity index (χ1) is 13.5. The van der Waals surface area contributed by atoms with Crippen LogP contribution in [0.15, 0.2) is 48.5 Å². The highest BCUT2D eigenvalue weighted by atomic mass is 16.5. The van der Waals surface area contributed by atoms with Crippen LogP contribution in [0.3, 0.4) is 0 Å². The van der Waals surface area contributed by atoms with Gasteiger partial charge in [-0.25, -0.2) is 4.79 Å². The maximum absolute atomic E-state index is 12.1. The van der Waals surface area contributed by atoms with Gasteiger partial charge in [0.05, 0.1) is 11.7 Å². The van der Waals surface area contributed by atoms with Crippen LogP contribution in [0.2, 0.25) is 0 Å². The quantitative estimate of drug-likeness (QED) is 0.737. The lowest BCUT2D eigenvalue weighted by atomic mass is 10.2. The van der Waals surface area contributed by atoms with Crippen LogP contribution in [-0.2, 0) is 9.53 Å². The van der Waals surface area contributed by atoms with Gasteiger partial charge in [0.1, 0.15) is 5.75 Å². The number of hydrogen-bond donors (Lipinski definition) is 1. The largest absolute Gasteiger partial charge is 0.491 e. The Bertz CT molecular complexity index is 794. The third-order valence-corrected chi connectivity index (χ3v) is 4.42. The number of amides is 1. The molecule has 1 aliphatic heterocycles. The number of ether oxygens (including phenoxy) is 2. The van der Waals surface area contributed by atoms with E-state index in [4.69, 9.17) is 9.47 Å². The van der Waals surface area contributed by atoms with Crippen molar-refractivity contribution < 1.29 is 19.1 Å². The van der Waals surface area contributed by atoms with E-state index in [0.29, 0.717) is 17.0 Å². The molecule has 1 heterocycles. The van der Waals surface area contributed by atoms with Gasteiger partial charge in [-0.05, 0) is 75.2 Å². The van der Waals surface area contributed by atoms with Crippen molar-refractivity contribution in [3.8, 4) is 5.75 Å². The number of nitrogens with zero attached hydrogens (tertiary/aromatic N) is 1. The number of rotatable bonds is 7. The number of esters is 1. The van der Waals surface area contributed by atoms with E-state index in [0.717, 1.165) is 18.8 Å². The first-order valence-corrected chi connectivity index (χ1v) is 9.60. The van der Waals surface area contributed by atoms with Crippen molar-refractivity contribution in [1.29, 1.82) is 0 Å². The molecule has 0 atom stereocenters. The SMILES string of the molecule is CC(C)Oc1ccc(C(=O)OCC(=O)Nc2ccc(N3CCCC3)cc2)cc1. The normalized spacial score (nSPS) is 13.5. The van der Waals surface area contributed by atoms with Crippen molar-refractivity contribution in [3.63, 3.8) is 0 Å². The molecule has 1 N–H and O–H groups in total. The Hall–Kier alpha value is -3.02. The van der Waals surface area contributed by atoms with E-state index in [1.807, 2.05) is 38.1 Å². The molecule has 0 radical (unpaired) electrons. The van der Waals surface area contributed by atoms with E-state index in [1.54, 1.807) is 24.3 Å². The molecule has 0 saturated carbocycles. The number of hydrogen-bond acceptors (Lipinski definition) is 5. The Morgan fingerprint density at radius 3 is 2.25 bits per heavy atom. The average Bonchev–Trinajstić information content (AvgIpc) is 3.21.